The Bertz CT molecular complexity index is 496. The summed E-state index contributed by atoms with van der Waals surface area (Å²) in [7, 11) is 0. The monoisotopic (exact) mass is 340 g/mol. The van der Waals surface area contributed by atoms with Crippen molar-refractivity contribution >= 4 is 18.3 Å². The number of hydrogen-bond acceptors (Lipinski definition) is 3. The molecule has 1 aromatic carbocycles. The van der Waals surface area contributed by atoms with Crippen molar-refractivity contribution in [2.45, 2.75) is 58.0 Å². The van der Waals surface area contributed by atoms with Gasteiger partial charge in [-0.1, -0.05) is 31.5 Å². The third-order valence-electron chi connectivity index (χ3n) is 4.40. The fourth-order valence-corrected chi connectivity index (χ4v) is 3.21. The van der Waals surface area contributed by atoms with Crippen LogP contribution in [0.2, 0.25) is 0 Å². The second kappa shape index (κ2) is 9.78. The first-order valence-electron chi connectivity index (χ1n) is 8.43. The van der Waals surface area contributed by atoms with E-state index in [2.05, 4.69) is 12.2 Å². The number of ether oxygens (including phenoxy) is 1. The summed E-state index contributed by atoms with van der Waals surface area (Å²) in [6, 6.07) is 8.11. The molecule has 1 saturated carbocycles. The minimum Gasteiger partial charge on any atom is -0.494 e. The molecule has 0 aliphatic heterocycles. The van der Waals surface area contributed by atoms with Crippen LogP contribution >= 0.6 is 12.4 Å². The van der Waals surface area contributed by atoms with Crippen molar-refractivity contribution in [1.29, 1.82) is 0 Å². The van der Waals surface area contributed by atoms with Crippen molar-refractivity contribution in [1.82, 2.24) is 5.32 Å². The molecule has 23 heavy (non-hydrogen) atoms. The molecule has 3 N–H and O–H groups in total. The molecule has 1 aliphatic carbocycles. The van der Waals surface area contributed by atoms with Crippen LogP contribution in [0.15, 0.2) is 24.3 Å². The topological polar surface area (TPSA) is 64.3 Å². The van der Waals surface area contributed by atoms with Gasteiger partial charge in [0, 0.05) is 17.5 Å². The first-order chi connectivity index (χ1) is 10.7. The lowest BCUT2D eigenvalue weighted by Crippen LogP contribution is -2.39. The molecule has 0 bridgehead atoms. The minimum absolute atomic E-state index is 0. The van der Waals surface area contributed by atoms with Crippen LogP contribution in [0.4, 0.5) is 0 Å². The first-order valence-corrected chi connectivity index (χ1v) is 8.43. The van der Waals surface area contributed by atoms with Crippen molar-refractivity contribution in [2.75, 3.05) is 6.61 Å². The van der Waals surface area contributed by atoms with Gasteiger partial charge in [-0.2, -0.15) is 0 Å². The van der Waals surface area contributed by atoms with Gasteiger partial charge in [-0.25, -0.2) is 0 Å². The molecule has 2 rings (SSSR count). The second-order valence-electron chi connectivity index (χ2n) is 6.06. The zero-order valence-corrected chi connectivity index (χ0v) is 14.9. The number of carbonyl (C=O) groups is 1. The number of rotatable bonds is 6. The van der Waals surface area contributed by atoms with Crippen molar-refractivity contribution in [2.24, 2.45) is 11.7 Å². The van der Waals surface area contributed by atoms with Crippen LogP contribution in [-0.4, -0.2) is 18.6 Å². The summed E-state index contributed by atoms with van der Waals surface area (Å²) in [5.74, 6) is 1.04. The number of nitrogens with one attached hydrogen (secondary N) is 1. The van der Waals surface area contributed by atoms with E-state index >= 15 is 0 Å². The van der Waals surface area contributed by atoms with Gasteiger partial charge in [-0.3, -0.25) is 4.79 Å². The van der Waals surface area contributed by atoms with E-state index in [0.717, 1.165) is 43.4 Å². The fourth-order valence-electron chi connectivity index (χ4n) is 3.21. The van der Waals surface area contributed by atoms with Crippen LogP contribution in [0.1, 0.15) is 57.6 Å². The number of halogens is 1. The quantitative estimate of drug-likeness (QED) is 0.831. The van der Waals surface area contributed by atoms with Gasteiger partial charge in [0.15, 0.2) is 0 Å². The highest BCUT2D eigenvalue weighted by molar-refractivity contribution is 5.85. The average Bonchev–Trinajstić information content (AvgIpc) is 2.53. The standard InChI is InChI=1S/C18H28N2O2.ClH/c1-3-16(15-10-5-6-11-17(15)22-4-2)20-18(21)13-8-7-9-14(19)12-13;/h5-6,10-11,13-14,16H,3-4,7-9,12,19H2,1-2H3,(H,20,21);1H. The van der Waals surface area contributed by atoms with Crippen molar-refractivity contribution in [3.63, 3.8) is 0 Å². The lowest BCUT2D eigenvalue weighted by Gasteiger charge is -2.28. The third-order valence-corrected chi connectivity index (χ3v) is 4.40. The van der Waals surface area contributed by atoms with E-state index in [-0.39, 0.29) is 36.3 Å². The van der Waals surface area contributed by atoms with E-state index < -0.39 is 0 Å². The highest BCUT2D eigenvalue weighted by Gasteiger charge is 2.27. The summed E-state index contributed by atoms with van der Waals surface area (Å²) in [4.78, 5) is 12.5. The smallest absolute Gasteiger partial charge is 0.223 e. The van der Waals surface area contributed by atoms with E-state index in [0.29, 0.717) is 6.61 Å². The van der Waals surface area contributed by atoms with Gasteiger partial charge in [-0.05, 0) is 38.7 Å². The number of hydrogen-bond donors (Lipinski definition) is 2. The highest BCUT2D eigenvalue weighted by Crippen LogP contribution is 2.29. The predicted octanol–water partition coefficient (Wildman–Crippen LogP) is 3.59. The van der Waals surface area contributed by atoms with Crippen LogP contribution in [0.5, 0.6) is 5.75 Å². The van der Waals surface area contributed by atoms with Crippen LogP contribution in [0.3, 0.4) is 0 Å². The van der Waals surface area contributed by atoms with Gasteiger partial charge in [0.05, 0.1) is 12.6 Å². The van der Waals surface area contributed by atoms with E-state index in [9.17, 15) is 4.79 Å². The molecule has 1 fully saturated rings. The van der Waals surface area contributed by atoms with Gasteiger partial charge < -0.3 is 15.8 Å². The number of amides is 1. The number of para-hydroxylation sites is 1. The molecule has 0 saturated heterocycles. The summed E-state index contributed by atoms with van der Waals surface area (Å²) in [6.07, 6.45) is 4.67. The summed E-state index contributed by atoms with van der Waals surface area (Å²) in [6.45, 7) is 4.68. The first kappa shape index (κ1) is 19.8. The minimum atomic E-state index is -0.00611. The van der Waals surface area contributed by atoms with Crippen LogP contribution < -0.4 is 15.8 Å². The Morgan fingerprint density at radius 2 is 2.09 bits per heavy atom. The molecule has 0 spiro atoms. The molecule has 0 heterocycles. The molecule has 4 nitrogen and oxygen atoms in total. The van der Waals surface area contributed by atoms with Crippen LogP contribution in [0, 0.1) is 5.92 Å². The molecule has 130 valence electrons. The van der Waals surface area contributed by atoms with Crippen LogP contribution in [-0.2, 0) is 4.79 Å². The molecule has 5 heteroatoms. The number of nitrogens with two attached hydrogens (primary N) is 1. The summed E-state index contributed by atoms with van der Waals surface area (Å²) < 4.78 is 5.69. The SMILES string of the molecule is CCOc1ccccc1C(CC)NC(=O)C1CCCC(N)C1.Cl. The Labute approximate surface area is 145 Å². The maximum atomic E-state index is 12.5. The van der Waals surface area contributed by atoms with E-state index in [1.54, 1.807) is 0 Å². The maximum absolute atomic E-state index is 12.5. The molecular formula is C18H29ClN2O2. The second-order valence-corrected chi connectivity index (χ2v) is 6.06. The van der Waals surface area contributed by atoms with E-state index in [4.69, 9.17) is 10.5 Å². The van der Waals surface area contributed by atoms with Gasteiger partial charge in [0.1, 0.15) is 5.75 Å². The summed E-state index contributed by atoms with van der Waals surface area (Å²) >= 11 is 0. The zero-order chi connectivity index (χ0) is 15.9. The van der Waals surface area contributed by atoms with E-state index in [1.165, 1.54) is 0 Å². The molecule has 3 atom stereocenters. The van der Waals surface area contributed by atoms with Crippen molar-refractivity contribution < 1.29 is 9.53 Å². The molecule has 1 aliphatic rings. The Balaban J connectivity index is 0.00000264. The average molecular weight is 341 g/mol. The van der Waals surface area contributed by atoms with Gasteiger partial charge in [0.2, 0.25) is 5.91 Å². The Kier molecular flexibility index (Phi) is 8.42. The number of benzene rings is 1. The normalized spacial score (nSPS) is 21.9. The van der Waals surface area contributed by atoms with Gasteiger partial charge in [-0.15, -0.1) is 12.4 Å². The number of carbonyl (C=O) groups excluding carboxylic acids is 1. The zero-order valence-electron chi connectivity index (χ0n) is 14.1. The molecule has 1 aromatic rings. The van der Waals surface area contributed by atoms with Crippen LogP contribution in [0.25, 0.3) is 0 Å². The Morgan fingerprint density at radius 1 is 1.35 bits per heavy atom. The largest absolute Gasteiger partial charge is 0.494 e. The molecule has 1 amide bonds. The molecular weight excluding hydrogens is 312 g/mol. The molecule has 3 unspecified atom stereocenters. The summed E-state index contributed by atoms with van der Waals surface area (Å²) in [5, 5.41) is 3.20. The van der Waals surface area contributed by atoms with Crippen molar-refractivity contribution in [3.05, 3.63) is 29.8 Å². The summed E-state index contributed by atoms with van der Waals surface area (Å²) in [5.41, 5.74) is 7.06. The van der Waals surface area contributed by atoms with Crippen molar-refractivity contribution in [3.8, 4) is 5.75 Å². The highest BCUT2D eigenvalue weighted by atomic mass is 35.5. The maximum Gasteiger partial charge on any atom is 0.223 e. The fraction of sp³-hybridized carbons (Fsp3) is 0.611. The Morgan fingerprint density at radius 3 is 2.74 bits per heavy atom. The Hall–Kier alpha value is -1.26. The molecule has 0 radical (unpaired) electrons. The van der Waals surface area contributed by atoms with Gasteiger partial charge >= 0.3 is 0 Å². The van der Waals surface area contributed by atoms with E-state index in [1.807, 2.05) is 31.2 Å². The molecule has 0 aromatic heterocycles. The predicted molar refractivity (Wildman–Crippen MR) is 96.0 cm³/mol. The van der Waals surface area contributed by atoms with Gasteiger partial charge in [0.25, 0.3) is 0 Å². The third kappa shape index (κ3) is 5.40. The lowest BCUT2D eigenvalue weighted by atomic mass is 9.85. The lowest BCUT2D eigenvalue weighted by molar-refractivity contribution is -0.126.